The van der Waals surface area contributed by atoms with Crippen LogP contribution in [-0.2, 0) is 0 Å². The fourth-order valence-corrected chi connectivity index (χ4v) is 1.69. The predicted molar refractivity (Wildman–Crippen MR) is 68.6 cm³/mol. The van der Waals surface area contributed by atoms with Gasteiger partial charge in [0.15, 0.2) is 0 Å². The molecular weight excluding hydrogens is 198 g/mol. The Kier molecular flexibility index (Phi) is 5.83. The first-order valence-corrected chi connectivity index (χ1v) is 6.30. The van der Waals surface area contributed by atoms with Crippen molar-refractivity contribution in [2.45, 2.75) is 46.5 Å². The van der Waals surface area contributed by atoms with Crippen LogP contribution in [0.2, 0.25) is 0 Å². The third kappa shape index (κ3) is 4.60. The van der Waals surface area contributed by atoms with E-state index in [1.54, 1.807) is 0 Å². The molecule has 1 N–H and O–H groups in total. The molecule has 0 aliphatic rings. The number of nitrogens with one attached hydrogen (secondary N) is 1. The number of nitrogens with zero attached hydrogens (tertiary/aromatic N) is 2. The molecule has 0 saturated heterocycles. The van der Waals surface area contributed by atoms with Gasteiger partial charge in [-0.2, -0.15) is 5.10 Å². The number of hydrogen-bond acceptors (Lipinski definition) is 3. The largest absolute Gasteiger partial charge is 0.368 e. The van der Waals surface area contributed by atoms with Gasteiger partial charge in [0.05, 0.1) is 5.69 Å². The Morgan fingerprint density at radius 2 is 2.06 bits per heavy atom. The molecule has 3 heteroatoms. The average Bonchev–Trinajstić information content (AvgIpc) is 2.32. The van der Waals surface area contributed by atoms with Crippen molar-refractivity contribution in [1.29, 1.82) is 0 Å². The molecule has 1 unspecified atom stereocenters. The molecule has 1 rings (SSSR count). The van der Waals surface area contributed by atoms with Crippen LogP contribution in [-0.4, -0.2) is 16.7 Å². The fourth-order valence-electron chi connectivity index (χ4n) is 1.69. The second-order valence-electron chi connectivity index (χ2n) is 4.36. The Hall–Kier alpha value is -1.12. The van der Waals surface area contributed by atoms with Crippen molar-refractivity contribution in [3.63, 3.8) is 0 Å². The number of aryl methyl sites for hydroxylation is 1. The Labute approximate surface area is 98.7 Å². The summed E-state index contributed by atoms with van der Waals surface area (Å²) >= 11 is 0. The number of anilines is 1. The maximum absolute atomic E-state index is 4.10. The van der Waals surface area contributed by atoms with Gasteiger partial charge in [0.2, 0.25) is 0 Å². The molecular formula is C13H23N3. The zero-order valence-corrected chi connectivity index (χ0v) is 10.7. The molecule has 16 heavy (non-hydrogen) atoms. The zero-order valence-electron chi connectivity index (χ0n) is 10.7. The van der Waals surface area contributed by atoms with Crippen molar-refractivity contribution in [2.75, 3.05) is 11.9 Å². The Balaban J connectivity index is 2.34. The molecule has 0 aliphatic heterocycles. The zero-order chi connectivity index (χ0) is 11.8. The Bertz CT molecular complexity index is 282. The third-order valence-electron chi connectivity index (χ3n) is 2.91. The van der Waals surface area contributed by atoms with E-state index in [9.17, 15) is 0 Å². The van der Waals surface area contributed by atoms with Crippen molar-refractivity contribution >= 4 is 5.82 Å². The van der Waals surface area contributed by atoms with E-state index in [-0.39, 0.29) is 0 Å². The van der Waals surface area contributed by atoms with E-state index in [1.807, 2.05) is 19.1 Å². The summed E-state index contributed by atoms with van der Waals surface area (Å²) in [4.78, 5) is 0. The van der Waals surface area contributed by atoms with Gasteiger partial charge in [0.25, 0.3) is 0 Å². The molecule has 0 amide bonds. The minimum Gasteiger partial charge on any atom is -0.368 e. The van der Waals surface area contributed by atoms with Crippen molar-refractivity contribution < 1.29 is 0 Å². The molecule has 1 aromatic heterocycles. The molecule has 1 heterocycles. The van der Waals surface area contributed by atoms with Crippen LogP contribution < -0.4 is 5.32 Å². The number of hydrogen-bond donors (Lipinski definition) is 1. The third-order valence-corrected chi connectivity index (χ3v) is 2.91. The lowest BCUT2D eigenvalue weighted by molar-refractivity contribution is 0.472. The van der Waals surface area contributed by atoms with Crippen LogP contribution in [0.15, 0.2) is 12.1 Å². The first kappa shape index (κ1) is 12.9. The standard InChI is InChI=1S/C13H23N3/c1-4-6-7-12(5-2)10-14-13-9-8-11(3)15-16-13/h8-9,12H,4-7,10H2,1-3H3,(H,14,16). The van der Waals surface area contributed by atoms with Gasteiger partial charge in [-0.1, -0.05) is 33.1 Å². The monoisotopic (exact) mass is 221 g/mol. The first-order valence-electron chi connectivity index (χ1n) is 6.30. The highest BCUT2D eigenvalue weighted by Gasteiger charge is 2.05. The summed E-state index contributed by atoms with van der Waals surface area (Å²) in [5.41, 5.74) is 0.962. The topological polar surface area (TPSA) is 37.8 Å². The SMILES string of the molecule is CCCCC(CC)CNc1ccc(C)nn1. The molecule has 3 nitrogen and oxygen atoms in total. The molecule has 0 fully saturated rings. The predicted octanol–water partition coefficient (Wildman–Crippen LogP) is 3.41. The number of unbranched alkanes of at least 4 members (excludes halogenated alkanes) is 1. The van der Waals surface area contributed by atoms with Crippen LogP contribution in [0.25, 0.3) is 0 Å². The highest BCUT2D eigenvalue weighted by Crippen LogP contribution is 2.13. The van der Waals surface area contributed by atoms with Gasteiger partial charge in [-0.15, -0.1) is 5.10 Å². The van der Waals surface area contributed by atoms with Crippen molar-refractivity contribution in [1.82, 2.24) is 10.2 Å². The lowest BCUT2D eigenvalue weighted by atomic mass is 9.99. The van der Waals surface area contributed by atoms with E-state index in [2.05, 4.69) is 29.4 Å². The maximum Gasteiger partial charge on any atom is 0.148 e. The highest BCUT2D eigenvalue weighted by molar-refractivity contribution is 5.32. The van der Waals surface area contributed by atoms with Gasteiger partial charge in [0, 0.05) is 6.54 Å². The van der Waals surface area contributed by atoms with E-state index < -0.39 is 0 Å². The molecule has 0 spiro atoms. The lowest BCUT2D eigenvalue weighted by Crippen LogP contribution is -2.14. The normalized spacial score (nSPS) is 12.4. The fraction of sp³-hybridized carbons (Fsp3) is 0.692. The molecule has 0 aliphatic carbocycles. The van der Waals surface area contributed by atoms with Crippen LogP contribution in [0.5, 0.6) is 0 Å². The summed E-state index contributed by atoms with van der Waals surface area (Å²) < 4.78 is 0. The summed E-state index contributed by atoms with van der Waals surface area (Å²) in [6, 6.07) is 3.98. The summed E-state index contributed by atoms with van der Waals surface area (Å²) in [6.07, 6.45) is 5.13. The summed E-state index contributed by atoms with van der Waals surface area (Å²) in [5, 5.41) is 11.5. The summed E-state index contributed by atoms with van der Waals surface area (Å²) in [6.45, 7) is 7.45. The smallest absolute Gasteiger partial charge is 0.148 e. The molecule has 0 radical (unpaired) electrons. The van der Waals surface area contributed by atoms with E-state index in [4.69, 9.17) is 0 Å². The average molecular weight is 221 g/mol. The van der Waals surface area contributed by atoms with E-state index in [0.717, 1.165) is 24.0 Å². The number of rotatable bonds is 7. The van der Waals surface area contributed by atoms with Crippen molar-refractivity contribution in [2.24, 2.45) is 5.92 Å². The van der Waals surface area contributed by atoms with Crippen LogP contribution in [0.4, 0.5) is 5.82 Å². The molecule has 0 aromatic carbocycles. The maximum atomic E-state index is 4.10. The van der Waals surface area contributed by atoms with Crippen molar-refractivity contribution in [3.8, 4) is 0 Å². The van der Waals surface area contributed by atoms with Crippen molar-refractivity contribution in [3.05, 3.63) is 17.8 Å². The van der Waals surface area contributed by atoms with E-state index >= 15 is 0 Å². The van der Waals surface area contributed by atoms with E-state index in [0.29, 0.717) is 0 Å². The first-order chi connectivity index (χ1) is 7.76. The van der Waals surface area contributed by atoms with Gasteiger partial charge in [-0.05, 0) is 31.4 Å². The van der Waals surface area contributed by atoms with Gasteiger partial charge < -0.3 is 5.32 Å². The highest BCUT2D eigenvalue weighted by atomic mass is 15.2. The lowest BCUT2D eigenvalue weighted by Gasteiger charge is -2.15. The number of aromatic nitrogens is 2. The molecule has 1 atom stereocenters. The minimum atomic E-state index is 0.753. The summed E-state index contributed by atoms with van der Waals surface area (Å²) in [5.74, 6) is 1.64. The van der Waals surface area contributed by atoms with Crippen LogP contribution >= 0.6 is 0 Å². The Morgan fingerprint density at radius 3 is 2.62 bits per heavy atom. The molecule has 1 aromatic rings. The molecule has 0 bridgehead atoms. The minimum absolute atomic E-state index is 0.753. The van der Waals surface area contributed by atoms with Crippen LogP contribution in [0.3, 0.4) is 0 Å². The van der Waals surface area contributed by atoms with Gasteiger partial charge in [-0.3, -0.25) is 0 Å². The summed E-state index contributed by atoms with van der Waals surface area (Å²) in [7, 11) is 0. The quantitative estimate of drug-likeness (QED) is 0.766. The molecule has 0 saturated carbocycles. The van der Waals surface area contributed by atoms with Crippen LogP contribution in [0, 0.1) is 12.8 Å². The molecule has 90 valence electrons. The van der Waals surface area contributed by atoms with Crippen LogP contribution in [0.1, 0.15) is 45.2 Å². The van der Waals surface area contributed by atoms with Gasteiger partial charge in [-0.25, -0.2) is 0 Å². The van der Waals surface area contributed by atoms with Gasteiger partial charge >= 0.3 is 0 Å². The Morgan fingerprint density at radius 1 is 1.25 bits per heavy atom. The second-order valence-corrected chi connectivity index (χ2v) is 4.36. The van der Waals surface area contributed by atoms with E-state index in [1.165, 1.54) is 25.7 Å². The second kappa shape index (κ2) is 7.20. The van der Waals surface area contributed by atoms with Gasteiger partial charge in [0.1, 0.15) is 5.82 Å².